The van der Waals surface area contributed by atoms with E-state index in [1.165, 1.54) is 6.42 Å². The SMILES string of the molecule is [B]c1ccc2c(c1)N1CCC(CC1)OC/C=C\C1CCCN(C1)c1nc(C)cc(n1)-c1cn-2nn1. The monoisotopic (exact) mass is 467 g/mol. The Labute approximate surface area is 207 Å². The number of hydrogen-bond acceptors (Lipinski definition) is 7. The van der Waals surface area contributed by atoms with Crippen LogP contribution in [0.5, 0.6) is 0 Å². The van der Waals surface area contributed by atoms with Crippen LogP contribution >= 0.6 is 0 Å². The van der Waals surface area contributed by atoms with Gasteiger partial charge in [0, 0.05) is 31.9 Å². The van der Waals surface area contributed by atoms with Crippen molar-refractivity contribution in [2.75, 3.05) is 42.6 Å². The van der Waals surface area contributed by atoms with Gasteiger partial charge in [0.2, 0.25) is 5.95 Å². The number of anilines is 2. The highest BCUT2D eigenvalue weighted by molar-refractivity contribution is 6.32. The molecule has 2 saturated heterocycles. The van der Waals surface area contributed by atoms with E-state index < -0.39 is 0 Å². The maximum absolute atomic E-state index is 6.21. The van der Waals surface area contributed by atoms with E-state index in [-0.39, 0.29) is 6.10 Å². The topological polar surface area (TPSA) is 72.2 Å². The molecule has 0 saturated carbocycles. The lowest BCUT2D eigenvalue weighted by molar-refractivity contribution is 0.0560. The van der Waals surface area contributed by atoms with Crippen LogP contribution in [0.15, 0.2) is 42.6 Å². The van der Waals surface area contributed by atoms with Crippen molar-refractivity contribution in [2.24, 2.45) is 5.92 Å². The van der Waals surface area contributed by atoms with Gasteiger partial charge in [-0.3, -0.25) is 0 Å². The molecule has 35 heavy (non-hydrogen) atoms. The Morgan fingerprint density at radius 2 is 1.86 bits per heavy atom. The van der Waals surface area contributed by atoms with E-state index >= 15 is 0 Å². The zero-order valence-electron chi connectivity index (χ0n) is 20.2. The maximum Gasteiger partial charge on any atom is 0.226 e. The molecule has 8 nitrogen and oxygen atoms in total. The summed E-state index contributed by atoms with van der Waals surface area (Å²) in [4.78, 5) is 14.3. The van der Waals surface area contributed by atoms with E-state index in [0.717, 1.165) is 85.3 Å². The number of rotatable bonds is 0. The van der Waals surface area contributed by atoms with Gasteiger partial charge in [0.25, 0.3) is 0 Å². The molecule has 3 aromatic rings. The Hall–Kier alpha value is -3.20. The van der Waals surface area contributed by atoms with E-state index in [9.17, 15) is 0 Å². The Morgan fingerprint density at radius 1 is 0.971 bits per heavy atom. The standard InChI is InChI=1S/C26H30BN7O/c1-18-14-22-23-17-34(31-30-23)24-7-6-20(27)15-25(24)32-11-8-21(9-12-32)35-13-3-5-19-4-2-10-33(16-19)26(28-18)29-22/h3,5-7,14-15,17,19,21H,2,4,8-13,16H2,1H3/b5-3-. The number of benzene rings is 1. The Balaban J connectivity index is 1.41. The van der Waals surface area contributed by atoms with Gasteiger partial charge >= 0.3 is 0 Å². The molecule has 7 rings (SSSR count). The Kier molecular flexibility index (Phi) is 6.02. The van der Waals surface area contributed by atoms with Crippen molar-refractivity contribution >= 4 is 24.9 Å². The van der Waals surface area contributed by atoms with Crippen LogP contribution in [0.4, 0.5) is 11.6 Å². The smallest absolute Gasteiger partial charge is 0.226 e. The predicted octanol–water partition coefficient (Wildman–Crippen LogP) is 2.60. The number of nitrogens with zero attached hydrogens (tertiary/aromatic N) is 7. The summed E-state index contributed by atoms with van der Waals surface area (Å²) in [5, 5.41) is 8.96. The molecule has 8 bridgehead atoms. The van der Waals surface area contributed by atoms with Gasteiger partial charge in [0.1, 0.15) is 13.5 Å². The lowest BCUT2D eigenvalue weighted by Crippen LogP contribution is -2.38. The van der Waals surface area contributed by atoms with Crippen LogP contribution < -0.4 is 15.3 Å². The molecule has 2 aromatic heterocycles. The van der Waals surface area contributed by atoms with Crippen LogP contribution in [0.3, 0.4) is 0 Å². The molecular weight excluding hydrogens is 437 g/mol. The largest absolute Gasteiger partial charge is 0.374 e. The molecule has 0 aliphatic carbocycles. The fraction of sp³-hybridized carbons (Fsp3) is 0.462. The van der Waals surface area contributed by atoms with Gasteiger partial charge in [-0.2, -0.15) is 0 Å². The summed E-state index contributed by atoms with van der Waals surface area (Å²) in [6.45, 7) is 6.38. The van der Waals surface area contributed by atoms with Crippen LogP contribution in [0.25, 0.3) is 17.1 Å². The molecule has 9 heteroatoms. The molecule has 1 aromatic carbocycles. The van der Waals surface area contributed by atoms with Crippen LogP contribution in [-0.4, -0.2) is 71.7 Å². The fourth-order valence-electron chi connectivity index (χ4n) is 5.36. The lowest BCUT2D eigenvalue weighted by Gasteiger charge is -2.34. The molecule has 4 aliphatic rings. The first-order chi connectivity index (χ1) is 17.1. The molecule has 2 fully saturated rings. The molecule has 2 radical (unpaired) electrons. The zero-order valence-corrected chi connectivity index (χ0v) is 20.2. The molecule has 1 unspecified atom stereocenters. The number of fused-ring (bicyclic) bond motifs is 4. The van der Waals surface area contributed by atoms with Crippen molar-refractivity contribution in [1.82, 2.24) is 25.0 Å². The summed E-state index contributed by atoms with van der Waals surface area (Å²) in [6, 6.07) is 7.94. The summed E-state index contributed by atoms with van der Waals surface area (Å²) >= 11 is 0. The van der Waals surface area contributed by atoms with Crippen LogP contribution in [0.2, 0.25) is 0 Å². The second-order valence-electron chi connectivity index (χ2n) is 9.79. The minimum Gasteiger partial charge on any atom is -0.374 e. The van der Waals surface area contributed by atoms with E-state index in [0.29, 0.717) is 12.5 Å². The number of aryl methyl sites for hydroxylation is 1. The van der Waals surface area contributed by atoms with Gasteiger partial charge in [-0.15, -0.1) is 5.10 Å². The van der Waals surface area contributed by atoms with Crippen molar-refractivity contribution in [2.45, 2.75) is 38.7 Å². The summed E-state index contributed by atoms with van der Waals surface area (Å²) < 4.78 is 8.05. The second kappa shape index (κ2) is 9.45. The first-order valence-electron chi connectivity index (χ1n) is 12.6. The van der Waals surface area contributed by atoms with Gasteiger partial charge in [0.15, 0.2) is 0 Å². The average molecular weight is 467 g/mol. The summed E-state index contributed by atoms with van der Waals surface area (Å²) in [7, 11) is 6.19. The van der Waals surface area contributed by atoms with Crippen LogP contribution in [0, 0.1) is 12.8 Å². The van der Waals surface area contributed by atoms with Crippen molar-refractivity contribution in [3.05, 3.63) is 48.3 Å². The van der Waals surface area contributed by atoms with Crippen LogP contribution in [-0.2, 0) is 4.74 Å². The van der Waals surface area contributed by atoms with Crippen molar-refractivity contribution in [3.8, 4) is 17.1 Å². The number of piperidine rings is 2. The Bertz CT molecular complexity index is 1230. The fourth-order valence-corrected chi connectivity index (χ4v) is 5.36. The maximum atomic E-state index is 6.21. The summed E-state index contributed by atoms with van der Waals surface area (Å²) in [5.74, 6) is 1.24. The highest BCUT2D eigenvalue weighted by Gasteiger charge is 2.24. The van der Waals surface area contributed by atoms with Crippen molar-refractivity contribution in [3.63, 3.8) is 0 Å². The zero-order chi connectivity index (χ0) is 23.8. The third-order valence-corrected chi connectivity index (χ3v) is 7.20. The molecule has 1 atom stereocenters. The molecule has 6 heterocycles. The predicted molar refractivity (Wildman–Crippen MR) is 138 cm³/mol. The third kappa shape index (κ3) is 4.69. The quantitative estimate of drug-likeness (QED) is 0.372. The summed E-state index contributed by atoms with van der Waals surface area (Å²) in [5.41, 5.74) is 5.22. The molecule has 4 aliphatic heterocycles. The molecule has 0 spiro atoms. The van der Waals surface area contributed by atoms with Crippen molar-refractivity contribution < 1.29 is 4.74 Å². The van der Waals surface area contributed by atoms with Gasteiger partial charge in [-0.05, 0) is 56.7 Å². The lowest BCUT2D eigenvalue weighted by atomic mass is 9.94. The van der Waals surface area contributed by atoms with Gasteiger partial charge < -0.3 is 14.5 Å². The minimum atomic E-state index is 0.279. The number of aromatic nitrogens is 5. The van der Waals surface area contributed by atoms with Gasteiger partial charge in [-0.1, -0.05) is 28.9 Å². The van der Waals surface area contributed by atoms with E-state index in [1.807, 2.05) is 42.1 Å². The second-order valence-corrected chi connectivity index (χ2v) is 9.79. The highest BCUT2D eigenvalue weighted by atomic mass is 16.5. The molecule has 0 amide bonds. The van der Waals surface area contributed by atoms with Crippen molar-refractivity contribution in [1.29, 1.82) is 0 Å². The van der Waals surface area contributed by atoms with E-state index in [1.54, 1.807) is 0 Å². The third-order valence-electron chi connectivity index (χ3n) is 7.20. The first-order valence-corrected chi connectivity index (χ1v) is 12.6. The average Bonchev–Trinajstić information content (AvgIpc) is 3.37. The Morgan fingerprint density at radius 3 is 2.74 bits per heavy atom. The van der Waals surface area contributed by atoms with E-state index in [2.05, 4.69) is 32.3 Å². The van der Waals surface area contributed by atoms with Crippen LogP contribution in [0.1, 0.15) is 31.4 Å². The van der Waals surface area contributed by atoms with E-state index in [4.69, 9.17) is 22.6 Å². The normalized spacial score (nSPS) is 23.2. The van der Waals surface area contributed by atoms with Gasteiger partial charge in [0.05, 0.1) is 36.0 Å². The molecule has 178 valence electrons. The molecule has 0 N–H and O–H groups in total. The van der Waals surface area contributed by atoms with Gasteiger partial charge in [-0.25, -0.2) is 14.6 Å². The number of ether oxygens (including phenoxy) is 1. The first kappa shape index (κ1) is 22.3. The molecular formula is C26H30BN7O. The highest BCUT2D eigenvalue weighted by Crippen LogP contribution is 2.29. The number of hydrogen-bond donors (Lipinski definition) is 0. The minimum absolute atomic E-state index is 0.279. The summed E-state index contributed by atoms with van der Waals surface area (Å²) in [6.07, 6.45) is 11.0.